The van der Waals surface area contributed by atoms with E-state index in [1.54, 1.807) is 0 Å². The molecule has 0 aromatic carbocycles. The highest BCUT2D eigenvalue weighted by molar-refractivity contribution is 5.81. The molecule has 0 bridgehead atoms. The van der Waals surface area contributed by atoms with Gasteiger partial charge in [0.15, 0.2) is 0 Å². The number of aliphatic hydroxyl groups excluding tert-OH is 1. The van der Waals surface area contributed by atoms with Crippen LogP contribution in [0.5, 0.6) is 0 Å². The van der Waals surface area contributed by atoms with Crippen LogP contribution in [-0.4, -0.2) is 55.0 Å². The second kappa shape index (κ2) is 4.97. The van der Waals surface area contributed by atoms with Crippen molar-refractivity contribution in [3.05, 3.63) is 0 Å². The number of piperidine rings is 1. The molecule has 15 heavy (non-hydrogen) atoms. The standard InChI is InChI=1S/C9H15NO5/c1-14-8(12)7-4-3-6(11)5-10(7)9(13)15-2/h6-7,11H,3-5H2,1-2H3/t6-,7-/m1/s1. The minimum atomic E-state index is -0.647. The fourth-order valence-corrected chi connectivity index (χ4v) is 1.65. The van der Waals surface area contributed by atoms with Crippen molar-refractivity contribution in [1.82, 2.24) is 4.90 Å². The molecule has 1 rings (SSSR count). The SMILES string of the molecule is COC(=O)[C@H]1CC[C@@H](O)CN1C(=O)OC. The van der Waals surface area contributed by atoms with Crippen LogP contribution in [0.3, 0.4) is 0 Å². The third-order valence-electron chi connectivity index (χ3n) is 2.44. The highest BCUT2D eigenvalue weighted by atomic mass is 16.5. The number of hydrogen-bond acceptors (Lipinski definition) is 5. The molecular weight excluding hydrogens is 202 g/mol. The molecule has 1 saturated heterocycles. The summed E-state index contributed by atoms with van der Waals surface area (Å²) in [5.41, 5.74) is 0. The lowest BCUT2D eigenvalue weighted by Crippen LogP contribution is -2.52. The Morgan fingerprint density at radius 1 is 1.27 bits per heavy atom. The second-order valence-corrected chi connectivity index (χ2v) is 3.39. The van der Waals surface area contributed by atoms with E-state index in [0.717, 1.165) is 0 Å². The van der Waals surface area contributed by atoms with Crippen molar-refractivity contribution in [2.45, 2.75) is 25.0 Å². The van der Waals surface area contributed by atoms with Crippen LogP contribution >= 0.6 is 0 Å². The van der Waals surface area contributed by atoms with Crippen LogP contribution in [0.2, 0.25) is 0 Å². The average Bonchev–Trinajstić information content (AvgIpc) is 2.26. The van der Waals surface area contributed by atoms with Crippen LogP contribution in [0.25, 0.3) is 0 Å². The molecule has 0 saturated carbocycles. The molecule has 0 aromatic rings. The highest BCUT2D eigenvalue weighted by Gasteiger charge is 2.36. The van der Waals surface area contributed by atoms with E-state index < -0.39 is 24.2 Å². The number of β-amino-alcohol motifs (C(OH)–C–C–N with tert-alkyl or cyclic N) is 1. The zero-order chi connectivity index (χ0) is 11.4. The van der Waals surface area contributed by atoms with Gasteiger partial charge in [-0.2, -0.15) is 0 Å². The number of nitrogens with zero attached hydrogens (tertiary/aromatic N) is 1. The van der Waals surface area contributed by atoms with E-state index in [0.29, 0.717) is 12.8 Å². The Morgan fingerprint density at radius 2 is 1.93 bits per heavy atom. The van der Waals surface area contributed by atoms with Gasteiger partial charge >= 0.3 is 12.1 Å². The molecule has 0 unspecified atom stereocenters. The Labute approximate surface area is 87.8 Å². The quantitative estimate of drug-likeness (QED) is 0.613. The van der Waals surface area contributed by atoms with Gasteiger partial charge in [0, 0.05) is 0 Å². The summed E-state index contributed by atoms with van der Waals surface area (Å²) >= 11 is 0. The Morgan fingerprint density at radius 3 is 2.47 bits per heavy atom. The first-order chi connectivity index (χ1) is 7.10. The number of methoxy groups -OCH3 is 2. The van der Waals surface area contributed by atoms with Crippen molar-refractivity contribution in [1.29, 1.82) is 0 Å². The number of aliphatic hydroxyl groups is 1. The van der Waals surface area contributed by atoms with Gasteiger partial charge in [-0.05, 0) is 12.8 Å². The fourth-order valence-electron chi connectivity index (χ4n) is 1.65. The van der Waals surface area contributed by atoms with Crippen LogP contribution in [0.4, 0.5) is 4.79 Å². The molecule has 0 aliphatic carbocycles. The van der Waals surface area contributed by atoms with Crippen LogP contribution in [0, 0.1) is 0 Å². The second-order valence-electron chi connectivity index (χ2n) is 3.39. The third-order valence-corrected chi connectivity index (χ3v) is 2.44. The lowest BCUT2D eigenvalue weighted by molar-refractivity contribution is -0.148. The number of amides is 1. The fraction of sp³-hybridized carbons (Fsp3) is 0.778. The maximum absolute atomic E-state index is 11.4. The smallest absolute Gasteiger partial charge is 0.410 e. The van der Waals surface area contributed by atoms with Gasteiger partial charge in [0.25, 0.3) is 0 Å². The Hall–Kier alpha value is -1.30. The number of carbonyl (C=O) groups is 2. The molecule has 0 spiro atoms. The van der Waals surface area contributed by atoms with E-state index in [9.17, 15) is 14.7 Å². The molecule has 1 amide bonds. The topological polar surface area (TPSA) is 76.1 Å². The highest BCUT2D eigenvalue weighted by Crippen LogP contribution is 2.19. The van der Waals surface area contributed by atoms with Crippen LogP contribution in [0.1, 0.15) is 12.8 Å². The van der Waals surface area contributed by atoms with E-state index in [1.807, 2.05) is 0 Å². The monoisotopic (exact) mass is 217 g/mol. The minimum absolute atomic E-state index is 0.104. The summed E-state index contributed by atoms with van der Waals surface area (Å²) in [7, 11) is 2.50. The van der Waals surface area contributed by atoms with E-state index in [4.69, 9.17) is 0 Å². The molecule has 0 aromatic heterocycles. The summed E-state index contributed by atoms with van der Waals surface area (Å²) < 4.78 is 9.11. The van der Waals surface area contributed by atoms with Crippen LogP contribution < -0.4 is 0 Å². The van der Waals surface area contributed by atoms with Gasteiger partial charge in [-0.25, -0.2) is 9.59 Å². The van der Waals surface area contributed by atoms with Gasteiger partial charge in [-0.15, -0.1) is 0 Å². The lowest BCUT2D eigenvalue weighted by atomic mass is 10.0. The number of likely N-dealkylation sites (tertiary alicyclic amines) is 1. The van der Waals surface area contributed by atoms with Gasteiger partial charge in [-0.3, -0.25) is 4.90 Å². The van der Waals surface area contributed by atoms with E-state index in [1.165, 1.54) is 19.1 Å². The van der Waals surface area contributed by atoms with Gasteiger partial charge in [0.05, 0.1) is 26.9 Å². The molecule has 0 radical (unpaired) electrons. The first-order valence-corrected chi connectivity index (χ1v) is 4.70. The molecule has 1 aliphatic rings. The average molecular weight is 217 g/mol. The minimum Gasteiger partial charge on any atom is -0.467 e. The van der Waals surface area contributed by atoms with Crippen LogP contribution in [0.15, 0.2) is 0 Å². The van der Waals surface area contributed by atoms with Crippen molar-refractivity contribution < 1.29 is 24.2 Å². The molecular formula is C9H15NO5. The summed E-state index contributed by atoms with van der Waals surface area (Å²) in [6.07, 6.45) is -0.356. The summed E-state index contributed by atoms with van der Waals surface area (Å²) in [5, 5.41) is 9.39. The van der Waals surface area contributed by atoms with Crippen molar-refractivity contribution in [2.24, 2.45) is 0 Å². The number of hydrogen-bond donors (Lipinski definition) is 1. The first kappa shape index (κ1) is 11.8. The molecule has 86 valence electrons. The lowest BCUT2D eigenvalue weighted by Gasteiger charge is -2.34. The maximum Gasteiger partial charge on any atom is 0.410 e. The molecule has 6 nitrogen and oxygen atoms in total. The molecule has 1 N–H and O–H groups in total. The van der Waals surface area contributed by atoms with Crippen LogP contribution in [-0.2, 0) is 14.3 Å². The van der Waals surface area contributed by atoms with Gasteiger partial charge in [-0.1, -0.05) is 0 Å². The molecule has 1 fully saturated rings. The normalized spacial score (nSPS) is 25.9. The van der Waals surface area contributed by atoms with Gasteiger partial charge in [0.2, 0.25) is 0 Å². The summed E-state index contributed by atoms with van der Waals surface area (Å²) in [5.74, 6) is -0.479. The van der Waals surface area contributed by atoms with E-state index in [2.05, 4.69) is 9.47 Å². The van der Waals surface area contributed by atoms with Gasteiger partial charge < -0.3 is 14.6 Å². The molecule has 1 aliphatic heterocycles. The summed E-state index contributed by atoms with van der Waals surface area (Å²) in [4.78, 5) is 23.9. The van der Waals surface area contributed by atoms with Crippen molar-refractivity contribution >= 4 is 12.1 Å². The first-order valence-electron chi connectivity index (χ1n) is 4.70. The number of ether oxygens (including phenoxy) is 2. The van der Waals surface area contributed by atoms with Crippen molar-refractivity contribution in [3.63, 3.8) is 0 Å². The molecule has 6 heteroatoms. The zero-order valence-electron chi connectivity index (χ0n) is 8.80. The largest absolute Gasteiger partial charge is 0.467 e. The Kier molecular flexibility index (Phi) is 3.90. The Balaban J connectivity index is 2.74. The summed E-state index contributed by atoms with van der Waals surface area (Å²) in [6, 6.07) is -0.647. The predicted molar refractivity (Wildman–Crippen MR) is 50.2 cm³/mol. The zero-order valence-corrected chi connectivity index (χ0v) is 8.80. The van der Waals surface area contributed by atoms with E-state index >= 15 is 0 Å². The number of esters is 1. The van der Waals surface area contributed by atoms with E-state index in [-0.39, 0.29) is 6.54 Å². The number of rotatable bonds is 1. The predicted octanol–water partition coefficient (Wildman–Crippen LogP) is -0.249. The third kappa shape index (κ3) is 2.59. The van der Waals surface area contributed by atoms with Crippen molar-refractivity contribution in [2.75, 3.05) is 20.8 Å². The Bertz CT molecular complexity index is 255. The maximum atomic E-state index is 11.4. The molecule has 1 heterocycles. The van der Waals surface area contributed by atoms with Gasteiger partial charge in [0.1, 0.15) is 6.04 Å². The van der Waals surface area contributed by atoms with Crippen molar-refractivity contribution in [3.8, 4) is 0 Å². The summed E-state index contributed by atoms with van der Waals surface area (Å²) in [6.45, 7) is 0.104. The molecule has 2 atom stereocenters. The number of carbonyl (C=O) groups excluding carboxylic acids is 2.